The molecule has 0 rings (SSSR count). The van der Waals surface area contributed by atoms with Crippen LogP contribution in [-0.4, -0.2) is 63.8 Å². The van der Waals surface area contributed by atoms with E-state index in [0.717, 1.165) is 5.71 Å². The third-order valence-corrected chi connectivity index (χ3v) is 4.31. The zero-order valence-electron chi connectivity index (χ0n) is 19.6. The van der Waals surface area contributed by atoms with Crippen LogP contribution in [0.1, 0.15) is 88.0 Å². The fourth-order valence-corrected chi connectivity index (χ4v) is 2.64. The average Bonchev–Trinajstić information content (AvgIpc) is 2.42. The molecule has 0 aliphatic carbocycles. The highest BCUT2D eigenvalue weighted by Crippen LogP contribution is 2.22. The minimum absolute atomic E-state index is 0.440. The Morgan fingerprint density at radius 1 is 0.786 bits per heavy atom. The Balaban J connectivity index is 4.84. The second-order valence-electron chi connectivity index (χ2n) is 10.1. The summed E-state index contributed by atoms with van der Waals surface area (Å²) in [5, 5.41) is 28.2. The van der Waals surface area contributed by atoms with E-state index in [1.54, 1.807) is 27.7 Å². The van der Waals surface area contributed by atoms with Crippen LogP contribution in [0.5, 0.6) is 0 Å². The molecule has 0 aliphatic heterocycles. The zero-order chi connectivity index (χ0) is 22.2. The summed E-state index contributed by atoms with van der Waals surface area (Å²) in [6, 6.07) is 0. The number of rotatable bonds is 14. The number of nitrogens with zero attached hydrogens (tertiary/aromatic N) is 1. The molecule has 0 fully saturated rings. The van der Waals surface area contributed by atoms with Crippen LogP contribution in [0.4, 0.5) is 0 Å². The molecule has 0 aromatic carbocycles. The van der Waals surface area contributed by atoms with E-state index in [0.29, 0.717) is 51.2 Å². The molecular weight excluding hydrogens is 356 g/mol. The molecule has 166 valence electrons. The molecule has 0 radical (unpaired) electrons. The molecule has 0 unspecified atom stereocenters. The molecule has 0 saturated carbocycles. The van der Waals surface area contributed by atoms with E-state index < -0.39 is 22.4 Å². The Labute approximate surface area is 172 Å². The van der Waals surface area contributed by atoms with Gasteiger partial charge in [0.05, 0.1) is 47.0 Å². The van der Waals surface area contributed by atoms with Crippen LogP contribution in [0.25, 0.3) is 0 Å². The molecule has 0 bridgehead atoms. The van der Waals surface area contributed by atoms with Crippen LogP contribution >= 0.6 is 0 Å². The van der Waals surface area contributed by atoms with Gasteiger partial charge in [-0.25, -0.2) is 0 Å². The number of aliphatic hydroxyl groups is 2. The third kappa shape index (κ3) is 14.2. The maximum Gasteiger partial charge on any atom is 0.0682 e. The van der Waals surface area contributed by atoms with Crippen molar-refractivity contribution in [2.24, 2.45) is 4.99 Å². The van der Waals surface area contributed by atoms with Crippen LogP contribution in [0.3, 0.4) is 0 Å². The van der Waals surface area contributed by atoms with E-state index in [4.69, 9.17) is 14.9 Å². The highest BCUT2D eigenvalue weighted by atomic mass is 16.5. The lowest BCUT2D eigenvalue weighted by atomic mass is 9.92. The fourth-order valence-electron chi connectivity index (χ4n) is 2.64. The van der Waals surface area contributed by atoms with Crippen LogP contribution < -0.4 is 0 Å². The maximum absolute atomic E-state index is 9.85. The Hall–Kier alpha value is -0.820. The van der Waals surface area contributed by atoms with E-state index in [-0.39, 0.29) is 0 Å². The average molecular weight is 401 g/mol. The van der Waals surface area contributed by atoms with Crippen molar-refractivity contribution in [2.75, 3.05) is 19.8 Å². The van der Waals surface area contributed by atoms with Gasteiger partial charge in [-0.1, -0.05) is 0 Å². The van der Waals surface area contributed by atoms with Crippen LogP contribution in [0.15, 0.2) is 4.99 Å². The Morgan fingerprint density at radius 2 is 1.18 bits per heavy atom. The van der Waals surface area contributed by atoms with Gasteiger partial charge in [0, 0.05) is 19.4 Å². The standard InChI is InChI=1S/C22H44N2O4/c1-10-24-18(16-22(8,9)28-14-12-20(4,5)26)17(23)15-21(6,7)27-13-11-19(2,3)25/h23,25-26H,10-16H2,1-9H3. The zero-order valence-corrected chi connectivity index (χ0v) is 19.6. The molecule has 0 amide bonds. The van der Waals surface area contributed by atoms with Crippen molar-refractivity contribution in [3.05, 3.63) is 0 Å². The second-order valence-corrected chi connectivity index (χ2v) is 10.1. The van der Waals surface area contributed by atoms with Gasteiger partial charge in [0.15, 0.2) is 0 Å². The largest absolute Gasteiger partial charge is 0.390 e. The lowest BCUT2D eigenvalue weighted by molar-refractivity contribution is -0.0437. The monoisotopic (exact) mass is 400 g/mol. The highest BCUT2D eigenvalue weighted by Gasteiger charge is 2.28. The summed E-state index contributed by atoms with van der Waals surface area (Å²) in [5.74, 6) is 0. The minimum atomic E-state index is -0.761. The lowest BCUT2D eigenvalue weighted by Gasteiger charge is -2.30. The van der Waals surface area contributed by atoms with Gasteiger partial charge in [-0.3, -0.25) is 4.99 Å². The first-order chi connectivity index (χ1) is 12.5. The van der Waals surface area contributed by atoms with Crippen molar-refractivity contribution in [1.82, 2.24) is 0 Å². The molecule has 0 heterocycles. The molecular formula is C22H44N2O4. The smallest absolute Gasteiger partial charge is 0.0682 e. The Morgan fingerprint density at radius 3 is 1.54 bits per heavy atom. The molecule has 6 heteroatoms. The third-order valence-electron chi connectivity index (χ3n) is 4.31. The molecule has 3 N–H and O–H groups in total. The highest BCUT2D eigenvalue weighted by molar-refractivity contribution is 6.41. The molecule has 0 aromatic heterocycles. The van der Waals surface area contributed by atoms with E-state index in [1.165, 1.54) is 0 Å². The lowest BCUT2D eigenvalue weighted by Crippen LogP contribution is -2.37. The molecule has 0 spiro atoms. The topological polar surface area (TPSA) is 95.1 Å². The maximum atomic E-state index is 9.85. The van der Waals surface area contributed by atoms with Crippen LogP contribution in [0, 0.1) is 5.41 Å². The minimum Gasteiger partial charge on any atom is -0.390 e. The van der Waals surface area contributed by atoms with E-state index in [1.807, 2.05) is 34.6 Å². The van der Waals surface area contributed by atoms with Crippen molar-refractivity contribution in [3.63, 3.8) is 0 Å². The number of ether oxygens (including phenoxy) is 2. The summed E-state index contributed by atoms with van der Waals surface area (Å²) in [5.41, 5.74) is -1.32. The van der Waals surface area contributed by atoms with E-state index in [9.17, 15) is 10.2 Å². The van der Waals surface area contributed by atoms with Gasteiger partial charge < -0.3 is 25.1 Å². The van der Waals surface area contributed by atoms with Gasteiger partial charge >= 0.3 is 0 Å². The Bertz CT molecular complexity index is 512. The molecule has 28 heavy (non-hydrogen) atoms. The number of aliphatic imine (C=N–C) groups is 1. The number of hydrogen-bond acceptors (Lipinski definition) is 6. The quantitative estimate of drug-likeness (QED) is 0.382. The van der Waals surface area contributed by atoms with Crippen LogP contribution in [-0.2, 0) is 9.47 Å². The predicted molar refractivity (Wildman–Crippen MR) is 117 cm³/mol. The van der Waals surface area contributed by atoms with Gasteiger partial charge in [0.2, 0.25) is 0 Å². The van der Waals surface area contributed by atoms with Crippen molar-refractivity contribution in [3.8, 4) is 0 Å². The normalized spacial score (nSPS) is 14.5. The summed E-state index contributed by atoms with van der Waals surface area (Å²) in [7, 11) is 0. The van der Waals surface area contributed by atoms with Gasteiger partial charge in [0.25, 0.3) is 0 Å². The van der Waals surface area contributed by atoms with Gasteiger partial charge in [-0.2, -0.15) is 0 Å². The van der Waals surface area contributed by atoms with Gasteiger partial charge in [-0.05, 0) is 75.2 Å². The summed E-state index contributed by atoms with van der Waals surface area (Å²) >= 11 is 0. The summed E-state index contributed by atoms with van der Waals surface area (Å²) in [4.78, 5) is 4.54. The second kappa shape index (κ2) is 10.8. The van der Waals surface area contributed by atoms with E-state index in [2.05, 4.69) is 4.99 Å². The van der Waals surface area contributed by atoms with Gasteiger partial charge in [0.1, 0.15) is 0 Å². The van der Waals surface area contributed by atoms with Crippen molar-refractivity contribution < 1.29 is 19.7 Å². The van der Waals surface area contributed by atoms with E-state index >= 15 is 0 Å². The molecule has 0 saturated heterocycles. The molecule has 6 nitrogen and oxygen atoms in total. The molecule has 0 atom stereocenters. The first-order valence-electron chi connectivity index (χ1n) is 10.3. The Kier molecular flexibility index (Phi) is 10.5. The van der Waals surface area contributed by atoms with Crippen LogP contribution in [0.2, 0.25) is 0 Å². The number of hydrogen-bond donors (Lipinski definition) is 3. The summed E-state index contributed by atoms with van der Waals surface area (Å²) in [6.07, 6.45) is 2.07. The fraction of sp³-hybridized carbons (Fsp3) is 0.909. The first kappa shape index (κ1) is 27.2. The number of nitrogens with one attached hydrogen (secondary N) is 1. The van der Waals surface area contributed by atoms with Crippen molar-refractivity contribution in [1.29, 1.82) is 5.41 Å². The summed E-state index contributed by atoms with van der Waals surface area (Å²) in [6.45, 7) is 18.4. The van der Waals surface area contributed by atoms with Crippen molar-refractivity contribution >= 4 is 11.4 Å². The molecule has 0 aliphatic rings. The summed E-state index contributed by atoms with van der Waals surface area (Å²) < 4.78 is 11.9. The van der Waals surface area contributed by atoms with Gasteiger partial charge in [-0.15, -0.1) is 0 Å². The SMILES string of the molecule is CCN=C(CC(C)(C)OCCC(C)(C)O)C(=N)CC(C)(C)OCCC(C)(C)O. The van der Waals surface area contributed by atoms with Crippen molar-refractivity contribution in [2.45, 2.75) is 110 Å². The molecule has 0 aromatic rings. The predicted octanol–water partition coefficient (Wildman–Crippen LogP) is 4.16. The first-order valence-corrected chi connectivity index (χ1v) is 10.3.